The lowest BCUT2D eigenvalue weighted by atomic mass is 10.2. The minimum atomic E-state index is -0.345. The van der Waals surface area contributed by atoms with Crippen molar-refractivity contribution in [2.45, 2.75) is 0 Å². The third-order valence-corrected chi connectivity index (χ3v) is 4.85. The van der Waals surface area contributed by atoms with Gasteiger partial charge >= 0.3 is 0 Å². The molecule has 4 aromatic heterocycles. The average Bonchev–Trinajstić information content (AvgIpc) is 3.29. The summed E-state index contributed by atoms with van der Waals surface area (Å²) in [7, 11) is 0. The normalized spacial score (nSPS) is 10.7. The van der Waals surface area contributed by atoms with Crippen LogP contribution in [0.5, 0.6) is 0 Å². The Morgan fingerprint density at radius 1 is 0.818 bits per heavy atom. The Morgan fingerprint density at radius 3 is 2.45 bits per heavy atom. The standard InChI is InChI=1S/C24H17N7O2/c32-23(16-4-3-10-25-13-16)28-17-8-6-15(7-9-17)22-29-19-12-21(27-14-20(19)30-22)31-24(33)18-5-1-2-11-26-18/h1-14H,(H,28,32)(H,29,30)(H,27,31,33). The number of aromatic amines is 1. The number of anilines is 2. The zero-order valence-corrected chi connectivity index (χ0v) is 17.2. The number of carbonyl (C=O) groups excluding carboxylic acids is 2. The summed E-state index contributed by atoms with van der Waals surface area (Å²) in [5.74, 6) is 0.447. The van der Waals surface area contributed by atoms with Crippen LogP contribution < -0.4 is 10.6 Å². The van der Waals surface area contributed by atoms with E-state index in [-0.39, 0.29) is 11.8 Å². The highest BCUT2D eigenvalue weighted by Crippen LogP contribution is 2.23. The molecule has 0 saturated carbocycles. The molecule has 0 saturated heterocycles. The van der Waals surface area contributed by atoms with Crippen LogP contribution in [-0.4, -0.2) is 36.7 Å². The Morgan fingerprint density at radius 2 is 1.70 bits per heavy atom. The highest BCUT2D eigenvalue weighted by molar-refractivity contribution is 6.04. The topological polar surface area (TPSA) is 126 Å². The van der Waals surface area contributed by atoms with Crippen molar-refractivity contribution in [2.75, 3.05) is 10.6 Å². The molecule has 33 heavy (non-hydrogen) atoms. The van der Waals surface area contributed by atoms with Crippen LogP contribution in [0, 0.1) is 0 Å². The average molecular weight is 435 g/mol. The van der Waals surface area contributed by atoms with Crippen LogP contribution in [0.4, 0.5) is 11.5 Å². The zero-order chi connectivity index (χ0) is 22.6. The van der Waals surface area contributed by atoms with Crippen molar-refractivity contribution in [2.24, 2.45) is 0 Å². The van der Waals surface area contributed by atoms with Gasteiger partial charge in [-0.2, -0.15) is 0 Å². The molecule has 0 bridgehead atoms. The molecule has 160 valence electrons. The molecule has 0 unspecified atom stereocenters. The third kappa shape index (κ3) is 4.42. The maximum Gasteiger partial charge on any atom is 0.275 e. The number of carbonyl (C=O) groups is 2. The first-order valence-electron chi connectivity index (χ1n) is 10.1. The van der Waals surface area contributed by atoms with E-state index < -0.39 is 0 Å². The summed E-state index contributed by atoms with van der Waals surface area (Å²) in [6.07, 6.45) is 6.30. The van der Waals surface area contributed by atoms with Crippen molar-refractivity contribution in [3.8, 4) is 11.4 Å². The molecule has 0 aliphatic rings. The predicted octanol–water partition coefficient (Wildman–Crippen LogP) is 3.92. The van der Waals surface area contributed by atoms with Crippen LogP contribution in [0.1, 0.15) is 20.8 Å². The molecule has 0 atom stereocenters. The first kappa shape index (κ1) is 20.0. The summed E-state index contributed by atoms with van der Waals surface area (Å²) in [5.41, 5.74) is 3.67. The summed E-state index contributed by atoms with van der Waals surface area (Å²) in [4.78, 5) is 44.7. The number of pyridine rings is 3. The lowest BCUT2D eigenvalue weighted by molar-refractivity contribution is 0.101. The van der Waals surface area contributed by atoms with Gasteiger partial charge in [-0.25, -0.2) is 9.97 Å². The molecule has 2 amide bonds. The molecule has 3 N–H and O–H groups in total. The molecule has 5 aromatic rings. The Kier molecular flexibility index (Phi) is 5.26. The van der Waals surface area contributed by atoms with Crippen molar-refractivity contribution in [3.05, 3.63) is 96.7 Å². The van der Waals surface area contributed by atoms with Crippen LogP contribution >= 0.6 is 0 Å². The SMILES string of the molecule is O=C(Nc1ccc(-c2nc3cc(NC(=O)c4ccccn4)ncc3[nH]2)cc1)c1cccnc1. The van der Waals surface area contributed by atoms with E-state index in [1.165, 1.54) is 6.20 Å². The third-order valence-electron chi connectivity index (χ3n) is 4.85. The summed E-state index contributed by atoms with van der Waals surface area (Å²) in [6.45, 7) is 0. The number of rotatable bonds is 5. The van der Waals surface area contributed by atoms with Gasteiger partial charge < -0.3 is 15.6 Å². The number of benzene rings is 1. The highest BCUT2D eigenvalue weighted by Gasteiger charge is 2.11. The summed E-state index contributed by atoms with van der Waals surface area (Å²) in [5, 5.41) is 5.57. The fraction of sp³-hybridized carbons (Fsp3) is 0. The van der Waals surface area contributed by atoms with E-state index in [0.717, 1.165) is 11.1 Å². The van der Waals surface area contributed by atoms with Gasteiger partial charge in [-0.05, 0) is 48.5 Å². The molecule has 0 aliphatic heterocycles. The van der Waals surface area contributed by atoms with Crippen molar-refractivity contribution >= 4 is 34.4 Å². The summed E-state index contributed by atoms with van der Waals surface area (Å²) < 4.78 is 0. The first-order chi connectivity index (χ1) is 16.2. The van der Waals surface area contributed by atoms with Crippen LogP contribution in [-0.2, 0) is 0 Å². The first-order valence-corrected chi connectivity index (χ1v) is 10.1. The van der Waals surface area contributed by atoms with Gasteiger partial charge in [0.1, 0.15) is 17.3 Å². The lowest BCUT2D eigenvalue weighted by Gasteiger charge is -2.05. The number of aromatic nitrogens is 5. The van der Waals surface area contributed by atoms with Gasteiger partial charge in [-0.3, -0.25) is 19.6 Å². The zero-order valence-electron chi connectivity index (χ0n) is 17.2. The minimum absolute atomic E-state index is 0.231. The van der Waals surface area contributed by atoms with Gasteiger partial charge in [0.2, 0.25) is 0 Å². The maximum atomic E-state index is 12.3. The molecular formula is C24H17N7O2. The molecule has 0 spiro atoms. The molecule has 9 nitrogen and oxygen atoms in total. The van der Waals surface area contributed by atoms with Crippen LogP contribution in [0.15, 0.2) is 85.5 Å². The fourth-order valence-electron chi connectivity index (χ4n) is 3.20. The Balaban J connectivity index is 1.31. The number of fused-ring (bicyclic) bond motifs is 1. The van der Waals surface area contributed by atoms with E-state index in [1.54, 1.807) is 67.1 Å². The summed E-state index contributed by atoms with van der Waals surface area (Å²) in [6, 6.07) is 17.5. The predicted molar refractivity (Wildman–Crippen MR) is 124 cm³/mol. The van der Waals surface area contributed by atoms with Crippen LogP contribution in [0.3, 0.4) is 0 Å². The Labute approximate surface area is 188 Å². The lowest BCUT2D eigenvalue weighted by Crippen LogP contribution is -2.14. The second kappa shape index (κ2) is 8.67. The number of nitrogens with one attached hydrogen (secondary N) is 3. The molecule has 0 radical (unpaired) electrons. The number of imidazole rings is 1. The van der Waals surface area contributed by atoms with Crippen molar-refractivity contribution in [3.63, 3.8) is 0 Å². The smallest absolute Gasteiger partial charge is 0.275 e. The quantitative estimate of drug-likeness (QED) is 0.384. The summed E-state index contributed by atoms with van der Waals surface area (Å²) >= 11 is 0. The van der Waals surface area contributed by atoms with Gasteiger partial charge in [0.15, 0.2) is 0 Å². The van der Waals surface area contributed by atoms with E-state index in [2.05, 4.69) is 35.6 Å². The second-order valence-electron chi connectivity index (χ2n) is 7.11. The molecule has 9 heteroatoms. The highest BCUT2D eigenvalue weighted by atomic mass is 16.2. The largest absolute Gasteiger partial charge is 0.337 e. The van der Waals surface area contributed by atoms with E-state index >= 15 is 0 Å². The van der Waals surface area contributed by atoms with E-state index in [9.17, 15) is 9.59 Å². The van der Waals surface area contributed by atoms with E-state index in [4.69, 9.17) is 0 Å². The number of hydrogen-bond donors (Lipinski definition) is 3. The van der Waals surface area contributed by atoms with E-state index in [1.807, 2.05) is 12.1 Å². The van der Waals surface area contributed by atoms with Gasteiger partial charge in [0.05, 0.1) is 22.8 Å². The second-order valence-corrected chi connectivity index (χ2v) is 7.11. The monoisotopic (exact) mass is 435 g/mol. The van der Waals surface area contributed by atoms with Gasteiger partial charge in [0.25, 0.3) is 11.8 Å². The number of nitrogens with zero attached hydrogens (tertiary/aromatic N) is 4. The van der Waals surface area contributed by atoms with Crippen molar-refractivity contribution in [1.29, 1.82) is 0 Å². The molecule has 1 aromatic carbocycles. The molecule has 5 rings (SSSR count). The number of H-pyrrole nitrogens is 1. The van der Waals surface area contributed by atoms with Crippen LogP contribution in [0.25, 0.3) is 22.4 Å². The Hall–Kier alpha value is -4.92. The van der Waals surface area contributed by atoms with Crippen LogP contribution in [0.2, 0.25) is 0 Å². The van der Waals surface area contributed by atoms with Crippen molar-refractivity contribution in [1.82, 2.24) is 24.9 Å². The molecule has 0 aliphatic carbocycles. The molecular weight excluding hydrogens is 418 g/mol. The van der Waals surface area contributed by atoms with Gasteiger partial charge in [0, 0.05) is 35.9 Å². The van der Waals surface area contributed by atoms with E-state index in [0.29, 0.717) is 34.1 Å². The number of amides is 2. The van der Waals surface area contributed by atoms with Crippen molar-refractivity contribution < 1.29 is 9.59 Å². The fourth-order valence-corrected chi connectivity index (χ4v) is 3.20. The molecule has 0 fully saturated rings. The van der Waals surface area contributed by atoms with Gasteiger partial charge in [-0.15, -0.1) is 0 Å². The molecule has 4 heterocycles. The Bertz CT molecular complexity index is 1430. The maximum absolute atomic E-state index is 12.3. The van der Waals surface area contributed by atoms with Gasteiger partial charge in [-0.1, -0.05) is 6.07 Å². The number of hydrogen-bond acceptors (Lipinski definition) is 6. The minimum Gasteiger partial charge on any atom is -0.337 e.